The van der Waals surface area contributed by atoms with Gasteiger partial charge >= 0.3 is 0 Å². The van der Waals surface area contributed by atoms with Gasteiger partial charge in [0, 0.05) is 10.9 Å². The lowest BCUT2D eigenvalue weighted by molar-refractivity contribution is 0.0819. The maximum Gasteiger partial charge on any atom is 0.252 e. The summed E-state index contributed by atoms with van der Waals surface area (Å²) < 4.78 is 0. The number of thiophene rings is 1. The smallest absolute Gasteiger partial charge is 0.252 e. The third-order valence-electron chi connectivity index (χ3n) is 3.08. The van der Waals surface area contributed by atoms with E-state index in [2.05, 4.69) is 5.32 Å². The quantitative estimate of drug-likeness (QED) is 0.777. The monoisotopic (exact) mass is 239 g/mol. The van der Waals surface area contributed by atoms with Crippen molar-refractivity contribution in [2.24, 2.45) is 0 Å². The van der Waals surface area contributed by atoms with Crippen LogP contribution in [-0.2, 0) is 0 Å². The first-order chi connectivity index (χ1) is 7.77. The van der Waals surface area contributed by atoms with Gasteiger partial charge in [-0.3, -0.25) is 4.79 Å². The van der Waals surface area contributed by atoms with E-state index in [1.54, 1.807) is 0 Å². The molecule has 1 aliphatic carbocycles. The molecule has 88 valence electrons. The predicted octanol–water partition coefficient (Wildman–Crippen LogP) is 2.17. The molecule has 1 heterocycles. The minimum Gasteiger partial charge on any atom is -0.391 e. The summed E-state index contributed by atoms with van der Waals surface area (Å²) in [7, 11) is 0. The van der Waals surface area contributed by atoms with E-state index < -0.39 is 0 Å². The fourth-order valence-electron chi connectivity index (χ4n) is 2.10. The van der Waals surface area contributed by atoms with Gasteiger partial charge in [0.1, 0.15) is 0 Å². The van der Waals surface area contributed by atoms with Gasteiger partial charge in [-0.1, -0.05) is 19.3 Å². The molecule has 1 aromatic rings. The maximum atomic E-state index is 11.8. The van der Waals surface area contributed by atoms with E-state index in [-0.39, 0.29) is 18.1 Å². The minimum atomic E-state index is -0.384. The Labute approximate surface area is 99.5 Å². The minimum absolute atomic E-state index is 0.0628. The topological polar surface area (TPSA) is 49.3 Å². The molecule has 1 saturated carbocycles. The van der Waals surface area contributed by atoms with E-state index >= 15 is 0 Å². The van der Waals surface area contributed by atoms with Crippen LogP contribution in [0.5, 0.6) is 0 Å². The molecule has 2 atom stereocenters. The van der Waals surface area contributed by atoms with Crippen molar-refractivity contribution in [3.8, 4) is 0 Å². The first-order valence-corrected chi connectivity index (χ1v) is 6.73. The molecule has 1 aliphatic rings. The molecule has 1 amide bonds. The molecule has 16 heavy (non-hydrogen) atoms. The molecule has 2 N–H and O–H groups in total. The summed E-state index contributed by atoms with van der Waals surface area (Å²) in [5.41, 5.74) is 0.696. The number of aliphatic hydroxyl groups excluding tert-OH is 1. The van der Waals surface area contributed by atoms with Crippen LogP contribution in [0.3, 0.4) is 0 Å². The number of amides is 1. The zero-order chi connectivity index (χ0) is 11.4. The van der Waals surface area contributed by atoms with Crippen molar-refractivity contribution in [1.29, 1.82) is 0 Å². The third kappa shape index (κ3) is 2.83. The van der Waals surface area contributed by atoms with E-state index in [4.69, 9.17) is 0 Å². The van der Waals surface area contributed by atoms with Gasteiger partial charge in [-0.2, -0.15) is 11.3 Å². The average Bonchev–Trinajstić information content (AvgIpc) is 2.73. The van der Waals surface area contributed by atoms with Crippen LogP contribution in [0, 0.1) is 0 Å². The Morgan fingerprint density at radius 3 is 2.94 bits per heavy atom. The molecular weight excluding hydrogens is 222 g/mol. The van der Waals surface area contributed by atoms with Gasteiger partial charge < -0.3 is 10.4 Å². The van der Waals surface area contributed by atoms with Crippen LogP contribution in [0.4, 0.5) is 0 Å². The third-order valence-corrected chi connectivity index (χ3v) is 3.76. The summed E-state index contributed by atoms with van der Waals surface area (Å²) in [5, 5.41) is 16.5. The van der Waals surface area contributed by atoms with Crippen molar-refractivity contribution in [3.63, 3.8) is 0 Å². The van der Waals surface area contributed by atoms with Gasteiger partial charge in [-0.15, -0.1) is 0 Å². The zero-order valence-corrected chi connectivity index (χ0v) is 10.0. The summed E-state index contributed by atoms with van der Waals surface area (Å²) in [6, 6.07) is 1.73. The van der Waals surface area contributed by atoms with E-state index in [1.165, 1.54) is 11.3 Å². The van der Waals surface area contributed by atoms with Crippen molar-refractivity contribution >= 4 is 17.2 Å². The molecule has 0 radical (unpaired) electrons. The van der Waals surface area contributed by atoms with Crippen LogP contribution >= 0.6 is 11.3 Å². The molecule has 0 saturated heterocycles. The normalized spacial score (nSPS) is 26.1. The lowest BCUT2D eigenvalue weighted by atomic mass is 10.1. The van der Waals surface area contributed by atoms with Gasteiger partial charge in [-0.05, 0) is 24.3 Å². The number of nitrogens with one attached hydrogen (secondary N) is 1. The van der Waals surface area contributed by atoms with Gasteiger partial charge in [0.25, 0.3) is 5.91 Å². The van der Waals surface area contributed by atoms with Crippen LogP contribution in [0.15, 0.2) is 16.8 Å². The Kier molecular flexibility index (Phi) is 3.96. The van der Waals surface area contributed by atoms with E-state index in [9.17, 15) is 9.90 Å². The Morgan fingerprint density at radius 2 is 2.19 bits per heavy atom. The molecule has 1 fully saturated rings. The highest BCUT2D eigenvalue weighted by atomic mass is 32.1. The molecule has 0 spiro atoms. The van der Waals surface area contributed by atoms with Gasteiger partial charge in [-0.25, -0.2) is 0 Å². The fourth-order valence-corrected chi connectivity index (χ4v) is 2.74. The highest BCUT2D eigenvalue weighted by Crippen LogP contribution is 2.18. The van der Waals surface area contributed by atoms with Crippen LogP contribution in [0.25, 0.3) is 0 Å². The van der Waals surface area contributed by atoms with Crippen molar-refractivity contribution in [3.05, 3.63) is 22.4 Å². The van der Waals surface area contributed by atoms with Crippen molar-refractivity contribution in [2.75, 3.05) is 0 Å². The van der Waals surface area contributed by atoms with E-state index in [0.29, 0.717) is 5.56 Å². The second-order valence-electron chi connectivity index (χ2n) is 4.30. The van der Waals surface area contributed by atoms with Gasteiger partial charge in [0.05, 0.1) is 12.1 Å². The Balaban J connectivity index is 1.95. The largest absolute Gasteiger partial charge is 0.391 e. The van der Waals surface area contributed by atoms with Crippen LogP contribution < -0.4 is 5.32 Å². The summed E-state index contributed by atoms with van der Waals surface area (Å²) in [5.74, 6) is -0.0628. The number of aliphatic hydroxyl groups is 1. The molecular formula is C12H17NO2S. The molecule has 3 nitrogen and oxygen atoms in total. The average molecular weight is 239 g/mol. The fraction of sp³-hybridized carbons (Fsp3) is 0.583. The number of hydrogen-bond donors (Lipinski definition) is 2. The van der Waals surface area contributed by atoms with Gasteiger partial charge in [0.2, 0.25) is 0 Å². The Hall–Kier alpha value is -0.870. The number of carbonyl (C=O) groups excluding carboxylic acids is 1. The first kappa shape index (κ1) is 11.6. The number of hydrogen-bond acceptors (Lipinski definition) is 3. The summed E-state index contributed by atoms with van der Waals surface area (Å²) in [6.07, 6.45) is 4.61. The SMILES string of the molecule is O=C(NC1CCCCCC1O)c1ccsc1. The van der Waals surface area contributed by atoms with Crippen molar-refractivity contribution in [1.82, 2.24) is 5.32 Å². The van der Waals surface area contributed by atoms with Crippen LogP contribution in [-0.4, -0.2) is 23.2 Å². The lowest BCUT2D eigenvalue weighted by Gasteiger charge is -2.21. The second kappa shape index (κ2) is 5.46. The van der Waals surface area contributed by atoms with Crippen molar-refractivity contribution in [2.45, 2.75) is 44.2 Å². The summed E-state index contributed by atoms with van der Waals surface area (Å²) >= 11 is 1.51. The molecule has 4 heteroatoms. The Morgan fingerprint density at radius 1 is 1.38 bits per heavy atom. The molecule has 2 rings (SSSR count). The number of carbonyl (C=O) groups is 1. The molecule has 1 aromatic heterocycles. The van der Waals surface area contributed by atoms with Crippen LogP contribution in [0.2, 0.25) is 0 Å². The summed E-state index contributed by atoms with van der Waals surface area (Å²) in [4.78, 5) is 11.8. The van der Waals surface area contributed by atoms with Gasteiger partial charge in [0.15, 0.2) is 0 Å². The van der Waals surface area contributed by atoms with Crippen molar-refractivity contribution < 1.29 is 9.90 Å². The Bertz CT molecular complexity index is 337. The standard InChI is InChI=1S/C12H17NO2S/c14-11-5-3-1-2-4-10(11)13-12(15)9-6-7-16-8-9/h6-8,10-11,14H,1-5H2,(H,13,15). The predicted molar refractivity (Wildman–Crippen MR) is 64.7 cm³/mol. The molecule has 0 aliphatic heterocycles. The van der Waals surface area contributed by atoms with E-state index in [1.807, 2.05) is 16.8 Å². The highest BCUT2D eigenvalue weighted by molar-refractivity contribution is 7.08. The second-order valence-corrected chi connectivity index (χ2v) is 5.08. The maximum absolute atomic E-state index is 11.8. The highest BCUT2D eigenvalue weighted by Gasteiger charge is 2.23. The number of rotatable bonds is 2. The molecule has 0 bridgehead atoms. The summed E-state index contributed by atoms with van der Waals surface area (Å²) in [6.45, 7) is 0. The first-order valence-electron chi connectivity index (χ1n) is 5.78. The molecule has 2 unspecified atom stereocenters. The van der Waals surface area contributed by atoms with E-state index in [0.717, 1.165) is 32.1 Å². The zero-order valence-electron chi connectivity index (χ0n) is 9.19. The van der Waals surface area contributed by atoms with Crippen LogP contribution in [0.1, 0.15) is 42.5 Å². The lowest BCUT2D eigenvalue weighted by Crippen LogP contribution is -2.42. The molecule has 0 aromatic carbocycles.